The van der Waals surface area contributed by atoms with Crippen molar-refractivity contribution in [2.45, 2.75) is 4.90 Å². The Morgan fingerprint density at radius 1 is 1.00 bits per heavy atom. The van der Waals surface area contributed by atoms with Crippen LogP contribution in [0.15, 0.2) is 47.4 Å². The number of anilines is 2. The predicted octanol–water partition coefficient (Wildman–Crippen LogP) is 2.09. The highest BCUT2D eigenvalue weighted by Gasteiger charge is 2.17. The predicted molar refractivity (Wildman–Crippen MR) is 81.2 cm³/mol. The number of rotatable bonds is 5. The number of ether oxygens (including phenoxy) is 2. The van der Waals surface area contributed by atoms with Crippen LogP contribution in [0.1, 0.15) is 0 Å². The van der Waals surface area contributed by atoms with Gasteiger partial charge in [-0.05, 0) is 24.3 Å². The van der Waals surface area contributed by atoms with Crippen LogP contribution in [0.5, 0.6) is 11.5 Å². The van der Waals surface area contributed by atoms with E-state index in [1.807, 2.05) is 0 Å². The fraction of sp³-hybridized carbons (Fsp3) is 0.143. The number of benzene rings is 2. The van der Waals surface area contributed by atoms with Crippen molar-refractivity contribution in [2.24, 2.45) is 0 Å². The van der Waals surface area contributed by atoms with E-state index in [0.717, 1.165) is 0 Å². The van der Waals surface area contributed by atoms with E-state index in [-0.39, 0.29) is 4.90 Å². The summed E-state index contributed by atoms with van der Waals surface area (Å²) in [5, 5.41) is 0. The topological polar surface area (TPSA) is 90.7 Å². The first kappa shape index (κ1) is 15.0. The Labute approximate surface area is 123 Å². The number of hydrogen-bond donors (Lipinski definition) is 2. The zero-order chi connectivity index (χ0) is 15.5. The van der Waals surface area contributed by atoms with E-state index >= 15 is 0 Å². The van der Waals surface area contributed by atoms with Crippen LogP contribution in [0.25, 0.3) is 0 Å². The molecular weight excluding hydrogens is 292 g/mol. The van der Waals surface area contributed by atoms with Crippen molar-refractivity contribution in [3.8, 4) is 11.5 Å². The normalized spacial score (nSPS) is 11.0. The number of hydrogen-bond acceptors (Lipinski definition) is 5. The van der Waals surface area contributed by atoms with Crippen molar-refractivity contribution in [1.82, 2.24) is 0 Å². The second kappa shape index (κ2) is 5.92. The van der Waals surface area contributed by atoms with Gasteiger partial charge in [0.25, 0.3) is 10.0 Å². The van der Waals surface area contributed by atoms with Crippen LogP contribution in [-0.4, -0.2) is 22.6 Å². The fourth-order valence-electron chi connectivity index (χ4n) is 1.79. The molecule has 0 amide bonds. The molecule has 7 heteroatoms. The summed E-state index contributed by atoms with van der Waals surface area (Å²) in [6.07, 6.45) is 0. The van der Waals surface area contributed by atoms with Gasteiger partial charge in [0, 0.05) is 6.07 Å². The van der Waals surface area contributed by atoms with Crippen LogP contribution in [0.4, 0.5) is 11.4 Å². The molecule has 0 aliphatic rings. The number of methoxy groups -OCH3 is 2. The molecule has 0 spiro atoms. The molecule has 0 aromatic heterocycles. The maximum absolute atomic E-state index is 12.4. The first-order valence-corrected chi connectivity index (χ1v) is 7.55. The van der Waals surface area contributed by atoms with Crippen LogP contribution in [0.2, 0.25) is 0 Å². The van der Waals surface area contributed by atoms with Gasteiger partial charge in [-0.1, -0.05) is 12.1 Å². The van der Waals surface area contributed by atoms with Crippen LogP contribution in [0.3, 0.4) is 0 Å². The van der Waals surface area contributed by atoms with Gasteiger partial charge in [0.15, 0.2) is 0 Å². The van der Waals surface area contributed by atoms with Gasteiger partial charge < -0.3 is 15.2 Å². The molecule has 0 radical (unpaired) electrons. The smallest absolute Gasteiger partial charge is 0.262 e. The van der Waals surface area contributed by atoms with Crippen molar-refractivity contribution in [3.05, 3.63) is 42.5 Å². The Balaban J connectivity index is 2.38. The second-order valence-corrected chi connectivity index (χ2v) is 5.89. The van der Waals surface area contributed by atoms with Crippen molar-refractivity contribution in [1.29, 1.82) is 0 Å². The zero-order valence-corrected chi connectivity index (χ0v) is 12.5. The number of sulfonamides is 1. The number of para-hydroxylation sites is 2. The van der Waals surface area contributed by atoms with Gasteiger partial charge in [0.1, 0.15) is 11.5 Å². The highest BCUT2D eigenvalue weighted by molar-refractivity contribution is 7.92. The van der Waals surface area contributed by atoms with E-state index in [4.69, 9.17) is 15.2 Å². The van der Waals surface area contributed by atoms with E-state index in [1.165, 1.54) is 32.4 Å². The standard InChI is InChI=1S/C14H16N2O4S/c1-19-13-6-4-3-5-12(13)16-21(17,18)10-7-8-11(15)14(9-10)20-2/h3-9,16H,15H2,1-2H3. The summed E-state index contributed by atoms with van der Waals surface area (Å²) >= 11 is 0. The monoisotopic (exact) mass is 308 g/mol. The first-order valence-electron chi connectivity index (χ1n) is 6.07. The molecule has 2 rings (SSSR count). The highest BCUT2D eigenvalue weighted by Crippen LogP contribution is 2.29. The molecule has 0 aliphatic heterocycles. The van der Waals surface area contributed by atoms with E-state index in [0.29, 0.717) is 22.9 Å². The van der Waals surface area contributed by atoms with Crippen LogP contribution in [-0.2, 0) is 10.0 Å². The lowest BCUT2D eigenvalue weighted by molar-refractivity contribution is 0.415. The molecule has 112 valence electrons. The lowest BCUT2D eigenvalue weighted by Crippen LogP contribution is -2.14. The maximum Gasteiger partial charge on any atom is 0.262 e. The average molecular weight is 308 g/mol. The van der Waals surface area contributed by atoms with Gasteiger partial charge in [0.05, 0.1) is 30.5 Å². The molecule has 21 heavy (non-hydrogen) atoms. The maximum atomic E-state index is 12.4. The number of nitrogens with one attached hydrogen (secondary N) is 1. The van der Waals surface area contributed by atoms with Crippen LogP contribution < -0.4 is 19.9 Å². The minimum Gasteiger partial charge on any atom is -0.495 e. The van der Waals surface area contributed by atoms with E-state index < -0.39 is 10.0 Å². The Kier molecular flexibility index (Phi) is 4.23. The lowest BCUT2D eigenvalue weighted by atomic mass is 10.3. The summed E-state index contributed by atoms with van der Waals surface area (Å²) in [5.74, 6) is 0.737. The summed E-state index contributed by atoms with van der Waals surface area (Å²) in [6, 6.07) is 11.0. The second-order valence-electron chi connectivity index (χ2n) is 4.21. The van der Waals surface area contributed by atoms with E-state index in [2.05, 4.69) is 4.72 Å². The molecule has 0 heterocycles. The van der Waals surface area contributed by atoms with Gasteiger partial charge in [-0.2, -0.15) is 0 Å². The Morgan fingerprint density at radius 3 is 2.33 bits per heavy atom. The van der Waals surface area contributed by atoms with Crippen LogP contribution >= 0.6 is 0 Å². The third-order valence-electron chi connectivity index (χ3n) is 2.87. The van der Waals surface area contributed by atoms with Crippen molar-refractivity contribution in [2.75, 3.05) is 24.7 Å². The molecule has 0 atom stereocenters. The SMILES string of the molecule is COc1cc(S(=O)(=O)Nc2ccccc2OC)ccc1N. The van der Waals surface area contributed by atoms with E-state index in [1.54, 1.807) is 24.3 Å². The molecule has 0 saturated carbocycles. The van der Waals surface area contributed by atoms with Crippen LogP contribution in [0, 0.1) is 0 Å². The lowest BCUT2D eigenvalue weighted by Gasteiger charge is -2.12. The number of nitrogens with two attached hydrogens (primary N) is 1. The molecule has 0 bridgehead atoms. The van der Waals surface area contributed by atoms with Gasteiger partial charge in [-0.25, -0.2) is 8.42 Å². The largest absolute Gasteiger partial charge is 0.495 e. The fourth-order valence-corrected chi connectivity index (χ4v) is 2.88. The van der Waals surface area contributed by atoms with Gasteiger partial charge >= 0.3 is 0 Å². The van der Waals surface area contributed by atoms with Gasteiger partial charge in [-0.3, -0.25) is 4.72 Å². The Morgan fingerprint density at radius 2 is 1.67 bits per heavy atom. The minimum absolute atomic E-state index is 0.0551. The third-order valence-corrected chi connectivity index (χ3v) is 4.23. The Hall–Kier alpha value is -2.41. The first-order chi connectivity index (χ1) is 9.97. The summed E-state index contributed by atoms with van der Waals surface area (Å²) in [4.78, 5) is 0.0551. The molecule has 0 unspecified atom stereocenters. The molecule has 2 aromatic carbocycles. The number of nitrogen functional groups attached to an aromatic ring is 1. The quantitative estimate of drug-likeness (QED) is 0.825. The molecule has 0 fully saturated rings. The van der Waals surface area contributed by atoms with Crippen molar-refractivity contribution < 1.29 is 17.9 Å². The minimum atomic E-state index is -3.76. The van der Waals surface area contributed by atoms with Gasteiger partial charge in [0.2, 0.25) is 0 Å². The molecule has 6 nitrogen and oxygen atoms in total. The summed E-state index contributed by atoms with van der Waals surface area (Å²) in [6.45, 7) is 0. The van der Waals surface area contributed by atoms with Crippen molar-refractivity contribution in [3.63, 3.8) is 0 Å². The summed E-state index contributed by atoms with van der Waals surface area (Å²) in [7, 11) is -0.863. The molecular formula is C14H16N2O4S. The zero-order valence-electron chi connectivity index (χ0n) is 11.7. The molecule has 3 N–H and O–H groups in total. The van der Waals surface area contributed by atoms with Crippen molar-refractivity contribution >= 4 is 21.4 Å². The molecule has 2 aromatic rings. The molecule has 0 aliphatic carbocycles. The summed E-state index contributed by atoms with van der Waals surface area (Å²) in [5.41, 5.74) is 6.41. The van der Waals surface area contributed by atoms with Gasteiger partial charge in [-0.15, -0.1) is 0 Å². The summed E-state index contributed by atoms with van der Waals surface area (Å²) < 4.78 is 37.4. The Bertz CT molecular complexity index is 744. The molecule has 0 saturated heterocycles. The van der Waals surface area contributed by atoms with E-state index in [9.17, 15) is 8.42 Å². The third kappa shape index (κ3) is 3.19. The highest BCUT2D eigenvalue weighted by atomic mass is 32.2. The average Bonchev–Trinajstić information content (AvgIpc) is 2.47.